The molecular formula is C30H40O9. The summed E-state index contributed by atoms with van der Waals surface area (Å²) in [4.78, 5) is 51.3. The molecule has 0 aromatic heterocycles. The maximum Gasteiger partial charge on any atom is 0.333 e. The van der Waals surface area contributed by atoms with E-state index in [-0.39, 0.29) is 17.6 Å². The van der Waals surface area contributed by atoms with Gasteiger partial charge in [0.05, 0.1) is 6.42 Å². The summed E-state index contributed by atoms with van der Waals surface area (Å²) >= 11 is 0. The highest BCUT2D eigenvalue weighted by Gasteiger charge is 2.66. The molecule has 0 spiro atoms. The lowest BCUT2D eigenvalue weighted by Crippen LogP contribution is -2.64. The van der Waals surface area contributed by atoms with Gasteiger partial charge < -0.3 is 24.4 Å². The van der Waals surface area contributed by atoms with Crippen LogP contribution >= 0.6 is 0 Å². The average molecular weight is 545 g/mol. The second-order valence-electron chi connectivity index (χ2n) is 11.5. The summed E-state index contributed by atoms with van der Waals surface area (Å²) in [5, 5.41) is 22.7. The van der Waals surface area contributed by atoms with Crippen LogP contribution in [0.4, 0.5) is 0 Å². The van der Waals surface area contributed by atoms with Crippen LogP contribution in [0.2, 0.25) is 0 Å². The second kappa shape index (κ2) is 10.8. The standard InChI is InChI=1S/C30H40O9/c1-9-16(3)26(34)38-20-12-11-18(5)29(8)24(20)28(7,19(6)23(32)25(29)33)13-21(39-27(35)17(4)10-2)30(36)14-22(31)37-15-30/h9-10,20-21,24-25,33,36H,5-6,11-15H2,1-4,7-8H3/b16-9+,17-10+/t20-,21?,24-,25+,28+,29+,30?/m1/s1. The Kier molecular flexibility index (Phi) is 8.49. The zero-order valence-corrected chi connectivity index (χ0v) is 23.7. The summed E-state index contributed by atoms with van der Waals surface area (Å²) in [7, 11) is 0. The van der Waals surface area contributed by atoms with E-state index in [0.717, 1.165) is 0 Å². The van der Waals surface area contributed by atoms with Crippen molar-refractivity contribution in [3.8, 4) is 0 Å². The molecule has 2 aliphatic carbocycles. The molecule has 1 heterocycles. The summed E-state index contributed by atoms with van der Waals surface area (Å²) in [6, 6.07) is 0. The third-order valence-electron chi connectivity index (χ3n) is 9.16. The molecule has 1 aliphatic heterocycles. The molecule has 9 nitrogen and oxygen atoms in total. The molecule has 214 valence electrons. The third kappa shape index (κ3) is 5.14. The van der Waals surface area contributed by atoms with Gasteiger partial charge >= 0.3 is 17.9 Å². The second-order valence-corrected chi connectivity index (χ2v) is 11.5. The number of hydrogen-bond donors (Lipinski definition) is 2. The van der Waals surface area contributed by atoms with Crippen molar-refractivity contribution in [1.82, 2.24) is 0 Å². The molecule has 9 heteroatoms. The molecule has 0 radical (unpaired) electrons. The average Bonchev–Trinajstić information content (AvgIpc) is 3.26. The van der Waals surface area contributed by atoms with Gasteiger partial charge in [0.25, 0.3) is 0 Å². The Balaban J connectivity index is 2.16. The fourth-order valence-electron chi connectivity index (χ4n) is 6.26. The van der Waals surface area contributed by atoms with Crippen LogP contribution in [0.5, 0.6) is 0 Å². The number of allylic oxidation sites excluding steroid dienone is 2. The fraction of sp³-hybridized carbons (Fsp3) is 0.600. The van der Waals surface area contributed by atoms with E-state index in [1.165, 1.54) is 0 Å². The quantitative estimate of drug-likeness (QED) is 0.214. The highest BCUT2D eigenvalue weighted by atomic mass is 16.6. The van der Waals surface area contributed by atoms with Crippen molar-refractivity contribution in [2.24, 2.45) is 16.7 Å². The number of hydrogen-bond acceptors (Lipinski definition) is 9. The van der Waals surface area contributed by atoms with Crippen molar-refractivity contribution >= 4 is 23.7 Å². The Bertz CT molecular complexity index is 1160. The van der Waals surface area contributed by atoms with Crippen molar-refractivity contribution in [1.29, 1.82) is 0 Å². The van der Waals surface area contributed by atoms with E-state index in [9.17, 15) is 29.4 Å². The zero-order chi connectivity index (χ0) is 29.5. The Hall–Kier alpha value is -3.04. The number of cyclic esters (lactones) is 1. The van der Waals surface area contributed by atoms with Crippen LogP contribution < -0.4 is 0 Å². The summed E-state index contributed by atoms with van der Waals surface area (Å²) in [6.45, 7) is 17.8. The molecule has 3 aliphatic rings. The molecule has 0 amide bonds. The molecule has 7 atom stereocenters. The lowest BCUT2D eigenvalue weighted by Gasteiger charge is -2.60. The number of Topliss-reactive ketones (excluding diaryl/α,β-unsaturated/α-hetero) is 1. The van der Waals surface area contributed by atoms with Crippen molar-refractivity contribution in [2.45, 2.75) is 91.1 Å². The summed E-state index contributed by atoms with van der Waals surface area (Å²) in [5.74, 6) is -3.20. The molecule has 0 aromatic rings. The van der Waals surface area contributed by atoms with Gasteiger partial charge in [-0.05, 0) is 52.5 Å². The van der Waals surface area contributed by atoms with Crippen LogP contribution in [0.15, 0.2) is 47.6 Å². The normalized spacial score (nSPS) is 36.3. The van der Waals surface area contributed by atoms with Gasteiger partial charge in [-0.25, -0.2) is 9.59 Å². The van der Waals surface area contributed by atoms with Crippen LogP contribution in [0, 0.1) is 16.7 Å². The first-order chi connectivity index (χ1) is 18.1. The predicted molar refractivity (Wildman–Crippen MR) is 142 cm³/mol. The van der Waals surface area contributed by atoms with Gasteiger partial charge in [0.2, 0.25) is 0 Å². The smallest absolute Gasteiger partial charge is 0.333 e. The maximum atomic E-state index is 13.5. The minimum atomic E-state index is -1.86. The Labute approximate surface area is 229 Å². The van der Waals surface area contributed by atoms with Gasteiger partial charge in [-0.3, -0.25) is 9.59 Å². The first-order valence-corrected chi connectivity index (χ1v) is 13.2. The van der Waals surface area contributed by atoms with Crippen LogP contribution in [-0.2, 0) is 33.4 Å². The van der Waals surface area contributed by atoms with E-state index in [1.807, 2.05) is 0 Å². The molecule has 0 bridgehead atoms. The number of ketones is 1. The van der Waals surface area contributed by atoms with E-state index in [2.05, 4.69) is 13.2 Å². The first-order valence-electron chi connectivity index (χ1n) is 13.2. The molecule has 2 saturated carbocycles. The van der Waals surface area contributed by atoms with Crippen LogP contribution in [0.1, 0.15) is 67.2 Å². The number of carbonyl (C=O) groups excluding carboxylic acids is 4. The van der Waals surface area contributed by atoms with Gasteiger partial charge in [-0.1, -0.05) is 44.7 Å². The van der Waals surface area contributed by atoms with E-state index in [0.29, 0.717) is 24.0 Å². The van der Waals surface area contributed by atoms with Crippen LogP contribution in [0.25, 0.3) is 0 Å². The number of aliphatic hydroxyl groups excluding tert-OH is 1. The highest BCUT2D eigenvalue weighted by molar-refractivity contribution is 6.01. The summed E-state index contributed by atoms with van der Waals surface area (Å²) < 4.78 is 16.8. The Morgan fingerprint density at radius 1 is 1.13 bits per heavy atom. The fourth-order valence-corrected chi connectivity index (χ4v) is 6.26. The first kappa shape index (κ1) is 30.5. The van der Waals surface area contributed by atoms with Crippen molar-refractivity contribution in [2.75, 3.05) is 6.61 Å². The number of esters is 3. The molecular weight excluding hydrogens is 504 g/mol. The largest absolute Gasteiger partial charge is 0.462 e. The van der Waals surface area contributed by atoms with Crippen LogP contribution in [-0.4, -0.2) is 64.4 Å². The minimum Gasteiger partial charge on any atom is -0.462 e. The van der Waals surface area contributed by atoms with Gasteiger partial charge in [0.15, 0.2) is 5.78 Å². The van der Waals surface area contributed by atoms with Crippen molar-refractivity contribution in [3.63, 3.8) is 0 Å². The molecule has 1 saturated heterocycles. The number of fused-ring (bicyclic) bond motifs is 1. The van der Waals surface area contributed by atoms with Crippen LogP contribution in [0.3, 0.4) is 0 Å². The summed E-state index contributed by atoms with van der Waals surface area (Å²) in [5.41, 5.74) is -2.96. The maximum absolute atomic E-state index is 13.5. The molecule has 0 aromatic carbocycles. The molecule has 3 rings (SSSR count). The number of aliphatic hydroxyl groups is 2. The van der Waals surface area contributed by atoms with Gasteiger partial charge in [-0.15, -0.1) is 0 Å². The lowest BCUT2D eigenvalue weighted by atomic mass is 9.45. The van der Waals surface area contributed by atoms with E-state index in [4.69, 9.17) is 14.2 Å². The van der Waals surface area contributed by atoms with Gasteiger partial charge in [-0.2, -0.15) is 0 Å². The number of rotatable bonds is 7. The lowest BCUT2D eigenvalue weighted by molar-refractivity contribution is -0.185. The Morgan fingerprint density at radius 2 is 1.72 bits per heavy atom. The zero-order valence-electron chi connectivity index (χ0n) is 23.7. The molecule has 2 N–H and O–H groups in total. The highest BCUT2D eigenvalue weighted by Crippen LogP contribution is 2.62. The Morgan fingerprint density at radius 3 is 2.26 bits per heavy atom. The molecule has 39 heavy (non-hydrogen) atoms. The van der Waals surface area contributed by atoms with E-state index in [1.54, 1.807) is 53.7 Å². The van der Waals surface area contributed by atoms with E-state index >= 15 is 0 Å². The SMILES string of the molecule is C=C1CC[C@@H](OC(=O)/C(C)=C/C)[C@H]2[C@@]1(C)[C@@H](O)C(=O)C(=C)[C@]2(C)CC(OC(=O)/C(C)=C/C)C1(O)COC(=O)C1. The molecule has 3 fully saturated rings. The topological polar surface area (TPSA) is 136 Å². The number of ether oxygens (including phenoxy) is 3. The summed E-state index contributed by atoms with van der Waals surface area (Å²) in [6.07, 6.45) is -0.0879. The predicted octanol–water partition coefficient (Wildman–Crippen LogP) is 3.29. The monoisotopic (exact) mass is 544 g/mol. The van der Waals surface area contributed by atoms with Crippen molar-refractivity contribution < 1.29 is 43.6 Å². The number of carbonyl (C=O) groups is 4. The molecule has 2 unspecified atom stereocenters. The minimum absolute atomic E-state index is 0.0497. The van der Waals surface area contributed by atoms with Gasteiger partial charge in [0.1, 0.15) is 30.5 Å². The van der Waals surface area contributed by atoms with Crippen molar-refractivity contribution in [3.05, 3.63) is 47.6 Å². The van der Waals surface area contributed by atoms with E-state index < -0.39 is 77.4 Å². The third-order valence-corrected chi connectivity index (χ3v) is 9.16. The van der Waals surface area contributed by atoms with Gasteiger partial charge in [0, 0.05) is 27.9 Å².